The molecule has 22 heavy (non-hydrogen) atoms. The van der Waals surface area contributed by atoms with Crippen LogP contribution in [0.3, 0.4) is 0 Å². The summed E-state index contributed by atoms with van der Waals surface area (Å²) in [5.41, 5.74) is 0.806. The van der Waals surface area contributed by atoms with Crippen molar-refractivity contribution in [1.82, 2.24) is 9.80 Å². The third-order valence-electron chi connectivity index (χ3n) is 4.86. The van der Waals surface area contributed by atoms with Gasteiger partial charge in [0, 0.05) is 13.1 Å². The highest BCUT2D eigenvalue weighted by atomic mass is 16.6. The summed E-state index contributed by atoms with van der Waals surface area (Å²) >= 11 is 0. The summed E-state index contributed by atoms with van der Waals surface area (Å²) in [6, 6.07) is 0. The molecule has 0 N–H and O–H groups in total. The van der Waals surface area contributed by atoms with Crippen molar-refractivity contribution in [3.05, 3.63) is 0 Å². The van der Waals surface area contributed by atoms with E-state index in [4.69, 9.17) is 9.47 Å². The van der Waals surface area contributed by atoms with Gasteiger partial charge in [-0.05, 0) is 46.4 Å². The first kappa shape index (κ1) is 19.9. The molecule has 3 fully saturated rings. The van der Waals surface area contributed by atoms with E-state index in [1.807, 2.05) is 0 Å². The first-order valence-corrected chi connectivity index (χ1v) is 8.93. The molecule has 2 heterocycles. The zero-order valence-corrected chi connectivity index (χ0v) is 15.7. The average molecular weight is 315 g/mol. The third-order valence-corrected chi connectivity index (χ3v) is 4.86. The highest BCUT2D eigenvalue weighted by molar-refractivity contribution is 4.84. The van der Waals surface area contributed by atoms with Gasteiger partial charge in [0.25, 0.3) is 0 Å². The van der Waals surface area contributed by atoms with Gasteiger partial charge in [-0.1, -0.05) is 33.1 Å². The van der Waals surface area contributed by atoms with E-state index in [1.54, 1.807) is 0 Å². The standard InChI is InChI=1S/C8H16.2C5H11NO/c1-3-8(4-2)6-5-7-8;2*1-6(2)3-5-4-7-5/h3-7H2,1-2H3;2*5H,3-4H2,1-2H3. The minimum Gasteiger partial charge on any atom is -0.372 e. The van der Waals surface area contributed by atoms with Gasteiger partial charge in [-0.15, -0.1) is 0 Å². The fraction of sp³-hybridized carbons (Fsp3) is 1.00. The Balaban J connectivity index is 0.000000166. The van der Waals surface area contributed by atoms with Gasteiger partial charge in [-0.25, -0.2) is 0 Å². The van der Waals surface area contributed by atoms with Crippen LogP contribution in [0.15, 0.2) is 0 Å². The predicted octanol–water partition coefficient (Wildman–Crippen LogP) is 2.87. The molecule has 0 aromatic carbocycles. The van der Waals surface area contributed by atoms with Crippen molar-refractivity contribution >= 4 is 0 Å². The number of rotatable bonds is 6. The highest BCUT2D eigenvalue weighted by Gasteiger charge is 2.32. The van der Waals surface area contributed by atoms with E-state index in [0.717, 1.165) is 31.7 Å². The van der Waals surface area contributed by atoms with Crippen LogP contribution in [0.1, 0.15) is 46.0 Å². The second-order valence-corrected chi connectivity index (χ2v) is 7.50. The quantitative estimate of drug-likeness (QED) is 0.706. The molecule has 132 valence electrons. The van der Waals surface area contributed by atoms with Crippen LogP contribution in [-0.2, 0) is 9.47 Å². The lowest BCUT2D eigenvalue weighted by atomic mass is 9.65. The molecule has 4 heteroatoms. The molecular formula is C18H38N2O2. The summed E-state index contributed by atoms with van der Waals surface area (Å²) in [7, 11) is 8.23. The summed E-state index contributed by atoms with van der Waals surface area (Å²) in [4.78, 5) is 4.27. The summed E-state index contributed by atoms with van der Waals surface area (Å²) in [6.45, 7) is 8.75. The largest absolute Gasteiger partial charge is 0.372 e. The SMILES string of the molecule is CCC1(CC)CCC1.CN(C)CC1CO1.CN(C)CC1CO1. The molecule has 0 bridgehead atoms. The van der Waals surface area contributed by atoms with Crippen LogP contribution in [0.2, 0.25) is 0 Å². The fourth-order valence-electron chi connectivity index (χ4n) is 2.80. The number of hydrogen-bond acceptors (Lipinski definition) is 4. The molecule has 1 saturated carbocycles. The summed E-state index contributed by atoms with van der Waals surface area (Å²) in [5, 5.41) is 0. The maximum atomic E-state index is 4.98. The Labute approximate surface area is 138 Å². The Kier molecular flexibility index (Phi) is 8.91. The first-order valence-electron chi connectivity index (χ1n) is 8.93. The molecule has 2 aliphatic heterocycles. The Morgan fingerprint density at radius 1 is 0.818 bits per heavy atom. The Morgan fingerprint density at radius 3 is 1.23 bits per heavy atom. The molecule has 3 rings (SSSR count). The normalized spacial score (nSPS) is 27.3. The molecule has 0 radical (unpaired) electrons. The van der Waals surface area contributed by atoms with Crippen LogP contribution in [0.4, 0.5) is 0 Å². The summed E-state index contributed by atoms with van der Waals surface area (Å²) in [6.07, 6.45) is 8.40. The van der Waals surface area contributed by atoms with Crippen LogP contribution in [-0.4, -0.2) is 76.5 Å². The molecule has 2 saturated heterocycles. The number of likely N-dealkylation sites (N-methyl/N-ethyl adjacent to an activating group) is 2. The molecule has 1 aliphatic carbocycles. The van der Waals surface area contributed by atoms with Crippen molar-refractivity contribution in [3.8, 4) is 0 Å². The van der Waals surface area contributed by atoms with E-state index in [0.29, 0.717) is 12.2 Å². The van der Waals surface area contributed by atoms with Gasteiger partial charge < -0.3 is 19.3 Å². The lowest BCUT2D eigenvalue weighted by molar-refractivity contribution is 0.121. The number of epoxide rings is 2. The number of nitrogens with zero attached hydrogens (tertiary/aromatic N) is 2. The number of ether oxygens (including phenoxy) is 2. The third kappa shape index (κ3) is 9.09. The second-order valence-electron chi connectivity index (χ2n) is 7.50. The Morgan fingerprint density at radius 2 is 1.18 bits per heavy atom. The first-order chi connectivity index (χ1) is 10.4. The van der Waals surface area contributed by atoms with Crippen molar-refractivity contribution in [2.24, 2.45) is 5.41 Å². The molecule has 0 aromatic heterocycles. The molecule has 0 spiro atoms. The predicted molar refractivity (Wildman–Crippen MR) is 93.5 cm³/mol. The molecule has 3 aliphatic rings. The zero-order valence-electron chi connectivity index (χ0n) is 15.7. The second kappa shape index (κ2) is 9.86. The lowest BCUT2D eigenvalue weighted by Crippen LogP contribution is -2.27. The maximum Gasteiger partial charge on any atom is 0.0936 e. The Hall–Kier alpha value is -0.160. The topological polar surface area (TPSA) is 31.5 Å². The minimum absolute atomic E-state index is 0.551. The van der Waals surface area contributed by atoms with E-state index in [9.17, 15) is 0 Å². The van der Waals surface area contributed by atoms with E-state index in [-0.39, 0.29) is 0 Å². The van der Waals surface area contributed by atoms with Crippen LogP contribution in [0, 0.1) is 5.41 Å². The van der Waals surface area contributed by atoms with E-state index in [2.05, 4.69) is 51.8 Å². The van der Waals surface area contributed by atoms with Gasteiger partial charge in [0.2, 0.25) is 0 Å². The molecule has 4 nitrogen and oxygen atoms in total. The number of hydrogen-bond donors (Lipinski definition) is 0. The van der Waals surface area contributed by atoms with Gasteiger partial charge >= 0.3 is 0 Å². The van der Waals surface area contributed by atoms with Crippen LogP contribution >= 0.6 is 0 Å². The van der Waals surface area contributed by atoms with Crippen molar-refractivity contribution in [1.29, 1.82) is 0 Å². The molecule has 2 unspecified atom stereocenters. The fourth-order valence-corrected chi connectivity index (χ4v) is 2.80. The summed E-state index contributed by atoms with van der Waals surface area (Å²) < 4.78 is 9.96. The van der Waals surface area contributed by atoms with Gasteiger partial charge in [-0.3, -0.25) is 0 Å². The molecular weight excluding hydrogens is 276 g/mol. The van der Waals surface area contributed by atoms with Crippen LogP contribution in [0.25, 0.3) is 0 Å². The average Bonchev–Trinajstić information content (AvgIpc) is 3.27. The van der Waals surface area contributed by atoms with Crippen LogP contribution < -0.4 is 0 Å². The van der Waals surface area contributed by atoms with Crippen molar-refractivity contribution in [2.75, 3.05) is 54.5 Å². The zero-order chi connectivity index (χ0) is 16.6. The lowest BCUT2D eigenvalue weighted by Gasteiger charge is -2.40. The van der Waals surface area contributed by atoms with E-state index in [1.165, 1.54) is 32.1 Å². The maximum absolute atomic E-state index is 4.98. The minimum atomic E-state index is 0.551. The van der Waals surface area contributed by atoms with Gasteiger partial charge in [-0.2, -0.15) is 0 Å². The highest BCUT2D eigenvalue weighted by Crippen LogP contribution is 2.46. The monoisotopic (exact) mass is 314 g/mol. The van der Waals surface area contributed by atoms with Gasteiger partial charge in [0.15, 0.2) is 0 Å². The van der Waals surface area contributed by atoms with Crippen LogP contribution in [0.5, 0.6) is 0 Å². The van der Waals surface area contributed by atoms with Crippen molar-refractivity contribution < 1.29 is 9.47 Å². The van der Waals surface area contributed by atoms with Gasteiger partial charge in [0.05, 0.1) is 25.4 Å². The summed E-state index contributed by atoms with van der Waals surface area (Å²) in [5.74, 6) is 0. The van der Waals surface area contributed by atoms with E-state index >= 15 is 0 Å². The molecule has 0 aromatic rings. The molecule has 0 amide bonds. The Bertz CT molecular complexity index is 251. The molecule has 2 atom stereocenters. The van der Waals surface area contributed by atoms with Crippen molar-refractivity contribution in [2.45, 2.75) is 58.2 Å². The smallest absolute Gasteiger partial charge is 0.0936 e. The van der Waals surface area contributed by atoms with Crippen molar-refractivity contribution in [3.63, 3.8) is 0 Å². The van der Waals surface area contributed by atoms with Gasteiger partial charge in [0.1, 0.15) is 0 Å². The van der Waals surface area contributed by atoms with E-state index < -0.39 is 0 Å².